The number of rotatable bonds is 4. The van der Waals surface area contributed by atoms with Crippen LogP contribution in [-0.4, -0.2) is 13.7 Å². The molecule has 5 nitrogen and oxygen atoms in total. The molecular formula is C50H29N5. The number of benzene rings is 8. The predicted octanol–water partition coefficient (Wildman–Crippen LogP) is 12.4. The highest BCUT2D eigenvalue weighted by Crippen LogP contribution is 2.39. The van der Waals surface area contributed by atoms with E-state index in [2.05, 4.69) is 177 Å². The minimum atomic E-state index is 0.629. The molecular weight excluding hydrogens is 671 g/mol. The fourth-order valence-corrected chi connectivity index (χ4v) is 8.67. The van der Waals surface area contributed by atoms with Crippen molar-refractivity contribution in [3.63, 3.8) is 0 Å². The number of nitrogens with zero attached hydrogens (tertiary/aromatic N) is 5. The van der Waals surface area contributed by atoms with Gasteiger partial charge in [0.05, 0.1) is 56.0 Å². The molecule has 5 heteroatoms. The molecule has 8 aromatic carbocycles. The summed E-state index contributed by atoms with van der Waals surface area (Å²) < 4.78 is 6.86. The molecule has 0 unspecified atom stereocenters. The van der Waals surface area contributed by atoms with Gasteiger partial charge in [0.2, 0.25) is 0 Å². The van der Waals surface area contributed by atoms with Gasteiger partial charge >= 0.3 is 0 Å². The van der Waals surface area contributed by atoms with Crippen LogP contribution in [0.4, 0.5) is 0 Å². The maximum absolute atomic E-state index is 10.2. The van der Waals surface area contributed by atoms with Crippen molar-refractivity contribution in [3.8, 4) is 40.3 Å². The van der Waals surface area contributed by atoms with E-state index in [9.17, 15) is 10.5 Å². The molecule has 0 radical (unpaired) electrons. The molecule has 0 aliphatic carbocycles. The van der Waals surface area contributed by atoms with E-state index in [0.29, 0.717) is 11.1 Å². The van der Waals surface area contributed by atoms with Crippen LogP contribution in [0.15, 0.2) is 176 Å². The molecule has 0 atom stereocenters. The molecule has 11 aromatic rings. The molecule has 0 N–H and O–H groups in total. The average molecular weight is 700 g/mol. The van der Waals surface area contributed by atoms with E-state index in [1.54, 1.807) is 0 Å². The molecule has 3 aromatic heterocycles. The minimum absolute atomic E-state index is 0.629. The van der Waals surface area contributed by atoms with Gasteiger partial charge in [0.1, 0.15) is 6.07 Å². The van der Waals surface area contributed by atoms with Crippen LogP contribution >= 0.6 is 0 Å². The van der Waals surface area contributed by atoms with Crippen molar-refractivity contribution in [2.24, 2.45) is 0 Å². The highest BCUT2D eigenvalue weighted by Gasteiger charge is 2.18. The van der Waals surface area contributed by atoms with Crippen molar-refractivity contribution in [1.29, 1.82) is 10.5 Å². The lowest BCUT2D eigenvalue weighted by atomic mass is 10.0. The van der Waals surface area contributed by atoms with Crippen molar-refractivity contribution in [1.82, 2.24) is 13.7 Å². The summed E-state index contributed by atoms with van der Waals surface area (Å²) >= 11 is 0. The summed E-state index contributed by atoms with van der Waals surface area (Å²) in [5.74, 6) is 0. The zero-order valence-corrected chi connectivity index (χ0v) is 29.5. The second-order valence-electron chi connectivity index (χ2n) is 14.0. The standard InChI is InChI=1S/C50H29N5/c51-30-32-17-25-48-42(27-32)40-11-3-6-14-45(40)54(48)37-24-26-49-43(29-37)41-12-4-5-13-44(41)53(49)36-22-20-33(21-23-36)34-18-19-35(31-52)50(28-34)55-46-15-7-1-9-38(46)39-10-2-8-16-47(39)55/h1-29H. The third-order valence-corrected chi connectivity index (χ3v) is 11.1. The van der Waals surface area contributed by atoms with Crippen LogP contribution in [0.25, 0.3) is 93.6 Å². The lowest BCUT2D eigenvalue weighted by Gasteiger charge is -2.13. The molecule has 55 heavy (non-hydrogen) atoms. The molecule has 0 amide bonds. The fraction of sp³-hybridized carbons (Fsp3) is 0. The average Bonchev–Trinajstić information content (AvgIpc) is 3.88. The SMILES string of the molecule is N#Cc1ccc2c(c1)c1ccccc1n2-c1ccc2c(c1)c1ccccc1n2-c1ccc(-c2ccc(C#N)c(-n3c4ccccc4c4ccccc43)c2)cc1. The van der Waals surface area contributed by atoms with Gasteiger partial charge in [-0.1, -0.05) is 91.0 Å². The van der Waals surface area contributed by atoms with Crippen LogP contribution in [0.3, 0.4) is 0 Å². The van der Waals surface area contributed by atoms with Gasteiger partial charge in [0.25, 0.3) is 0 Å². The number of hydrogen-bond acceptors (Lipinski definition) is 2. The number of fused-ring (bicyclic) bond motifs is 9. The topological polar surface area (TPSA) is 62.4 Å². The van der Waals surface area contributed by atoms with Gasteiger partial charge < -0.3 is 13.7 Å². The summed E-state index contributed by atoms with van der Waals surface area (Å²) in [6.07, 6.45) is 0. The lowest BCUT2D eigenvalue weighted by molar-refractivity contribution is 1.16. The summed E-state index contributed by atoms with van der Waals surface area (Å²) in [6, 6.07) is 66.0. The Morgan fingerprint density at radius 1 is 0.327 bits per heavy atom. The highest BCUT2D eigenvalue weighted by molar-refractivity contribution is 6.13. The van der Waals surface area contributed by atoms with E-state index in [1.807, 2.05) is 24.3 Å². The first-order valence-corrected chi connectivity index (χ1v) is 18.3. The molecule has 11 rings (SSSR count). The molecule has 0 bridgehead atoms. The van der Waals surface area contributed by atoms with Crippen LogP contribution in [0.1, 0.15) is 11.1 Å². The van der Waals surface area contributed by atoms with Gasteiger partial charge in [0.15, 0.2) is 0 Å². The molecule has 0 aliphatic heterocycles. The zero-order chi connectivity index (χ0) is 36.6. The maximum Gasteiger partial charge on any atom is 0.101 e. The Morgan fingerprint density at radius 2 is 0.782 bits per heavy atom. The Labute approximate surface area is 316 Å². The molecule has 0 saturated carbocycles. The van der Waals surface area contributed by atoms with E-state index in [4.69, 9.17) is 0 Å². The highest BCUT2D eigenvalue weighted by atomic mass is 15.0. The number of hydrogen-bond donors (Lipinski definition) is 0. The Morgan fingerprint density at radius 3 is 1.36 bits per heavy atom. The molecule has 0 spiro atoms. The van der Waals surface area contributed by atoms with Crippen LogP contribution in [-0.2, 0) is 0 Å². The fourth-order valence-electron chi connectivity index (χ4n) is 8.67. The van der Waals surface area contributed by atoms with Gasteiger partial charge in [-0.3, -0.25) is 0 Å². The van der Waals surface area contributed by atoms with Crippen molar-refractivity contribution in [3.05, 3.63) is 187 Å². The van der Waals surface area contributed by atoms with Crippen LogP contribution < -0.4 is 0 Å². The number of nitriles is 2. The first-order valence-electron chi connectivity index (χ1n) is 18.3. The largest absolute Gasteiger partial charge is 0.309 e. The lowest BCUT2D eigenvalue weighted by Crippen LogP contribution is -1.98. The number of para-hydroxylation sites is 4. The second-order valence-corrected chi connectivity index (χ2v) is 14.0. The van der Waals surface area contributed by atoms with Gasteiger partial charge in [0, 0.05) is 43.7 Å². The van der Waals surface area contributed by atoms with Crippen LogP contribution in [0.5, 0.6) is 0 Å². The van der Waals surface area contributed by atoms with Crippen LogP contribution in [0.2, 0.25) is 0 Å². The minimum Gasteiger partial charge on any atom is -0.309 e. The van der Waals surface area contributed by atoms with E-state index >= 15 is 0 Å². The molecule has 0 aliphatic rings. The van der Waals surface area contributed by atoms with Crippen LogP contribution in [0, 0.1) is 22.7 Å². The summed E-state index contributed by atoms with van der Waals surface area (Å²) in [5.41, 5.74) is 13.0. The normalized spacial score (nSPS) is 11.6. The first-order chi connectivity index (χ1) is 27.2. The monoisotopic (exact) mass is 699 g/mol. The molecule has 0 fully saturated rings. The van der Waals surface area contributed by atoms with Crippen molar-refractivity contribution in [2.45, 2.75) is 0 Å². The quantitative estimate of drug-likeness (QED) is 0.184. The Hall–Kier alpha value is -7.86. The van der Waals surface area contributed by atoms with Gasteiger partial charge in [-0.2, -0.15) is 10.5 Å². The zero-order valence-electron chi connectivity index (χ0n) is 29.5. The van der Waals surface area contributed by atoms with E-state index in [1.165, 1.54) is 21.5 Å². The van der Waals surface area contributed by atoms with Crippen molar-refractivity contribution >= 4 is 65.4 Å². The second kappa shape index (κ2) is 11.8. The smallest absolute Gasteiger partial charge is 0.101 e. The Balaban J connectivity index is 1.04. The Bertz CT molecular complexity index is 3400. The Kier molecular flexibility index (Phi) is 6.61. The molecule has 254 valence electrons. The van der Waals surface area contributed by atoms with E-state index in [-0.39, 0.29) is 0 Å². The summed E-state index contributed by atoms with van der Waals surface area (Å²) in [5, 5.41) is 26.8. The third-order valence-electron chi connectivity index (χ3n) is 11.1. The predicted molar refractivity (Wildman–Crippen MR) is 224 cm³/mol. The van der Waals surface area contributed by atoms with Gasteiger partial charge in [-0.05, 0) is 96.1 Å². The van der Waals surface area contributed by atoms with Crippen molar-refractivity contribution < 1.29 is 0 Å². The number of aromatic nitrogens is 3. The summed E-state index contributed by atoms with van der Waals surface area (Å²) in [6.45, 7) is 0. The van der Waals surface area contributed by atoms with Gasteiger partial charge in [-0.15, -0.1) is 0 Å². The van der Waals surface area contributed by atoms with Gasteiger partial charge in [-0.25, -0.2) is 0 Å². The van der Waals surface area contributed by atoms with Crippen molar-refractivity contribution in [2.75, 3.05) is 0 Å². The maximum atomic E-state index is 10.2. The van der Waals surface area contributed by atoms with E-state index < -0.39 is 0 Å². The third kappa shape index (κ3) is 4.51. The molecule has 0 saturated heterocycles. The summed E-state index contributed by atoms with van der Waals surface area (Å²) in [7, 11) is 0. The molecule has 3 heterocycles. The van der Waals surface area contributed by atoms with E-state index in [0.717, 1.165) is 72.1 Å². The summed E-state index contributed by atoms with van der Waals surface area (Å²) in [4.78, 5) is 0. The first kappa shape index (κ1) is 30.7.